The van der Waals surface area contributed by atoms with Crippen molar-refractivity contribution >= 4 is 24.0 Å². The molecular formula is C12H17ClN2O. The van der Waals surface area contributed by atoms with Crippen molar-refractivity contribution in [2.24, 2.45) is 5.73 Å². The summed E-state index contributed by atoms with van der Waals surface area (Å²) in [5, 5.41) is 0. The highest BCUT2D eigenvalue weighted by Crippen LogP contribution is 2.40. The minimum Gasteiger partial charge on any atom is -0.399 e. The van der Waals surface area contributed by atoms with Crippen molar-refractivity contribution < 1.29 is 4.79 Å². The SMILES string of the molecule is Cl.NC(=O)C1(c2ccc(N)cc2)CCCC1. The van der Waals surface area contributed by atoms with Gasteiger partial charge in [-0.05, 0) is 30.5 Å². The zero-order valence-electron chi connectivity index (χ0n) is 9.11. The van der Waals surface area contributed by atoms with Crippen molar-refractivity contribution in [3.8, 4) is 0 Å². The number of carbonyl (C=O) groups excluding carboxylic acids is 1. The van der Waals surface area contributed by atoms with Gasteiger partial charge in [0.15, 0.2) is 0 Å². The topological polar surface area (TPSA) is 69.1 Å². The van der Waals surface area contributed by atoms with Gasteiger partial charge in [0.05, 0.1) is 5.41 Å². The number of nitrogen functional groups attached to an aromatic ring is 1. The molecule has 1 saturated carbocycles. The highest BCUT2D eigenvalue weighted by atomic mass is 35.5. The summed E-state index contributed by atoms with van der Waals surface area (Å²) in [6.45, 7) is 0. The second-order valence-corrected chi connectivity index (χ2v) is 4.28. The van der Waals surface area contributed by atoms with Crippen LogP contribution < -0.4 is 11.5 Å². The number of hydrogen-bond donors (Lipinski definition) is 2. The van der Waals surface area contributed by atoms with E-state index >= 15 is 0 Å². The average molecular weight is 241 g/mol. The summed E-state index contributed by atoms with van der Waals surface area (Å²) in [6.07, 6.45) is 3.89. The first-order valence-corrected chi connectivity index (χ1v) is 5.31. The lowest BCUT2D eigenvalue weighted by Gasteiger charge is -2.25. The largest absolute Gasteiger partial charge is 0.399 e. The predicted molar refractivity (Wildman–Crippen MR) is 67.4 cm³/mol. The van der Waals surface area contributed by atoms with Gasteiger partial charge in [-0.2, -0.15) is 0 Å². The molecule has 16 heavy (non-hydrogen) atoms. The van der Waals surface area contributed by atoms with E-state index in [1.54, 1.807) is 0 Å². The molecule has 2 rings (SSSR count). The molecule has 1 fully saturated rings. The fourth-order valence-electron chi connectivity index (χ4n) is 2.46. The Kier molecular flexibility index (Phi) is 3.81. The van der Waals surface area contributed by atoms with E-state index in [-0.39, 0.29) is 18.3 Å². The number of rotatable bonds is 2. The third-order valence-corrected chi connectivity index (χ3v) is 3.39. The Morgan fingerprint density at radius 2 is 1.62 bits per heavy atom. The number of amides is 1. The van der Waals surface area contributed by atoms with E-state index in [0.717, 1.165) is 36.9 Å². The first-order valence-electron chi connectivity index (χ1n) is 5.31. The number of anilines is 1. The Bertz CT molecular complexity index is 369. The van der Waals surface area contributed by atoms with Crippen LogP contribution in [0.3, 0.4) is 0 Å². The van der Waals surface area contributed by atoms with Crippen molar-refractivity contribution in [2.45, 2.75) is 31.1 Å². The van der Waals surface area contributed by atoms with E-state index in [4.69, 9.17) is 11.5 Å². The van der Waals surface area contributed by atoms with E-state index in [1.807, 2.05) is 24.3 Å². The van der Waals surface area contributed by atoms with Crippen LogP contribution in [0.4, 0.5) is 5.69 Å². The molecule has 0 saturated heterocycles. The number of carbonyl (C=O) groups is 1. The van der Waals surface area contributed by atoms with Crippen LogP contribution in [0, 0.1) is 0 Å². The maximum absolute atomic E-state index is 11.6. The lowest BCUT2D eigenvalue weighted by molar-refractivity contribution is -0.123. The highest BCUT2D eigenvalue weighted by Gasteiger charge is 2.40. The third-order valence-electron chi connectivity index (χ3n) is 3.39. The van der Waals surface area contributed by atoms with Gasteiger partial charge in [0.1, 0.15) is 0 Å². The summed E-state index contributed by atoms with van der Waals surface area (Å²) >= 11 is 0. The summed E-state index contributed by atoms with van der Waals surface area (Å²) in [6, 6.07) is 7.51. The maximum atomic E-state index is 11.6. The van der Waals surface area contributed by atoms with Crippen molar-refractivity contribution in [2.75, 3.05) is 5.73 Å². The Balaban J connectivity index is 0.00000128. The monoisotopic (exact) mass is 240 g/mol. The second kappa shape index (κ2) is 4.74. The highest BCUT2D eigenvalue weighted by molar-refractivity contribution is 5.87. The summed E-state index contributed by atoms with van der Waals surface area (Å²) in [5.41, 5.74) is 12.5. The van der Waals surface area contributed by atoms with Crippen molar-refractivity contribution in [1.29, 1.82) is 0 Å². The number of hydrogen-bond acceptors (Lipinski definition) is 2. The molecule has 1 aliphatic carbocycles. The fourth-order valence-corrected chi connectivity index (χ4v) is 2.46. The second-order valence-electron chi connectivity index (χ2n) is 4.28. The van der Waals surface area contributed by atoms with Crippen molar-refractivity contribution in [3.05, 3.63) is 29.8 Å². The standard InChI is InChI=1S/C12H16N2O.ClH/c13-10-5-3-9(4-6-10)12(11(14)15)7-1-2-8-12;/h3-6H,1-2,7-8,13H2,(H2,14,15);1H. The van der Waals surface area contributed by atoms with Crippen LogP contribution >= 0.6 is 12.4 Å². The molecule has 0 aliphatic heterocycles. The van der Waals surface area contributed by atoms with Gasteiger partial charge in [0.25, 0.3) is 0 Å². The molecule has 0 unspecified atom stereocenters. The zero-order chi connectivity index (χ0) is 10.9. The minimum absolute atomic E-state index is 0. The molecule has 1 aromatic carbocycles. The fraction of sp³-hybridized carbons (Fsp3) is 0.417. The molecule has 88 valence electrons. The van der Waals surface area contributed by atoms with Crippen LogP contribution in [-0.2, 0) is 10.2 Å². The first-order chi connectivity index (χ1) is 7.15. The molecule has 4 N–H and O–H groups in total. The molecule has 1 aromatic rings. The van der Waals surface area contributed by atoms with Crippen molar-refractivity contribution in [3.63, 3.8) is 0 Å². The van der Waals surface area contributed by atoms with Crippen LogP contribution in [0.5, 0.6) is 0 Å². The normalized spacial score (nSPS) is 17.8. The summed E-state index contributed by atoms with van der Waals surface area (Å²) in [7, 11) is 0. The van der Waals surface area contributed by atoms with Crippen LogP contribution in [-0.4, -0.2) is 5.91 Å². The van der Waals surface area contributed by atoms with Gasteiger partial charge in [0.2, 0.25) is 5.91 Å². The molecule has 1 aliphatic rings. The molecule has 0 bridgehead atoms. The molecule has 0 radical (unpaired) electrons. The zero-order valence-corrected chi connectivity index (χ0v) is 9.93. The van der Waals surface area contributed by atoms with Gasteiger partial charge in [0, 0.05) is 5.69 Å². The van der Waals surface area contributed by atoms with Crippen LogP contribution in [0.1, 0.15) is 31.2 Å². The lowest BCUT2D eigenvalue weighted by atomic mass is 9.78. The Labute approximate surface area is 102 Å². The summed E-state index contributed by atoms with van der Waals surface area (Å²) in [5.74, 6) is -0.204. The van der Waals surface area contributed by atoms with Gasteiger partial charge >= 0.3 is 0 Å². The van der Waals surface area contributed by atoms with Gasteiger partial charge in [-0.1, -0.05) is 25.0 Å². The van der Waals surface area contributed by atoms with Gasteiger partial charge in [-0.25, -0.2) is 0 Å². The van der Waals surface area contributed by atoms with E-state index in [2.05, 4.69) is 0 Å². The number of nitrogens with two attached hydrogens (primary N) is 2. The number of primary amides is 1. The van der Waals surface area contributed by atoms with Gasteiger partial charge in [-0.15, -0.1) is 12.4 Å². The quantitative estimate of drug-likeness (QED) is 0.777. The Morgan fingerprint density at radius 3 is 2.06 bits per heavy atom. The Morgan fingerprint density at radius 1 is 1.12 bits per heavy atom. The molecule has 0 aromatic heterocycles. The van der Waals surface area contributed by atoms with E-state index in [9.17, 15) is 4.79 Å². The number of halogens is 1. The molecule has 1 amide bonds. The summed E-state index contributed by atoms with van der Waals surface area (Å²) in [4.78, 5) is 11.6. The molecule has 0 spiro atoms. The van der Waals surface area contributed by atoms with Gasteiger partial charge < -0.3 is 11.5 Å². The molecule has 0 heterocycles. The number of benzene rings is 1. The van der Waals surface area contributed by atoms with E-state index < -0.39 is 5.41 Å². The van der Waals surface area contributed by atoms with Gasteiger partial charge in [-0.3, -0.25) is 4.79 Å². The molecular weight excluding hydrogens is 224 g/mol. The average Bonchev–Trinajstić information content (AvgIpc) is 2.69. The van der Waals surface area contributed by atoms with Crippen LogP contribution in [0.25, 0.3) is 0 Å². The van der Waals surface area contributed by atoms with E-state index in [0.29, 0.717) is 0 Å². The van der Waals surface area contributed by atoms with Crippen LogP contribution in [0.15, 0.2) is 24.3 Å². The third kappa shape index (κ3) is 2.00. The van der Waals surface area contributed by atoms with Crippen molar-refractivity contribution in [1.82, 2.24) is 0 Å². The lowest BCUT2D eigenvalue weighted by Crippen LogP contribution is -2.38. The summed E-state index contributed by atoms with van der Waals surface area (Å²) < 4.78 is 0. The first kappa shape index (κ1) is 12.8. The van der Waals surface area contributed by atoms with E-state index in [1.165, 1.54) is 0 Å². The minimum atomic E-state index is -0.437. The smallest absolute Gasteiger partial charge is 0.228 e. The molecule has 0 atom stereocenters. The maximum Gasteiger partial charge on any atom is 0.228 e. The Hall–Kier alpha value is -1.22. The molecule has 4 heteroatoms. The molecule has 3 nitrogen and oxygen atoms in total. The van der Waals surface area contributed by atoms with Crippen LogP contribution in [0.2, 0.25) is 0 Å². The predicted octanol–water partition coefficient (Wildman–Crippen LogP) is 1.99.